The van der Waals surface area contributed by atoms with Gasteiger partial charge in [-0.05, 0) is 24.1 Å². The molecule has 1 amide bonds. The van der Waals surface area contributed by atoms with Gasteiger partial charge in [0.05, 0.1) is 20.8 Å². The summed E-state index contributed by atoms with van der Waals surface area (Å²) < 4.78 is 15.1. The fourth-order valence-electron chi connectivity index (χ4n) is 1.86. The van der Waals surface area contributed by atoms with Crippen molar-refractivity contribution in [2.75, 3.05) is 5.73 Å². The molecule has 0 aliphatic carbocycles. The Morgan fingerprint density at radius 3 is 2.52 bits per heavy atom. The summed E-state index contributed by atoms with van der Waals surface area (Å²) >= 11 is 0. The molecule has 3 N–H and O–H groups in total. The van der Waals surface area contributed by atoms with E-state index in [9.17, 15) is 9.00 Å². The maximum absolute atomic E-state index is 12.7. The second kappa shape index (κ2) is 7.13. The Labute approximate surface area is 149 Å². The molecule has 130 valence electrons. The van der Waals surface area contributed by atoms with Crippen molar-refractivity contribution in [1.82, 2.24) is 9.71 Å². The number of hydrogen-bond donors (Lipinski definition) is 2. The average molecular weight is 372 g/mol. The summed E-state index contributed by atoms with van der Waals surface area (Å²) in [6, 6.07) is 10.1. The minimum atomic E-state index is -2.95. The zero-order valence-corrected chi connectivity index (χ0v) is 16.3. The minimum absolute atomic E-state index is 0.237. The average Bonchev–Trinajstić information content (AvgIpc) is 2.53. The molecule has 1 atom stereocenters. The predicted molar refractivity (Wildman–Crippen MR) is 106 cm³/mol. The molecule has 0 saturated heterocycles. The van der Waals surface area contributed by atoms with Gasteiger partial charge < -0.3 is 5.73 Å². The standard InChI is InChI=1S/C18H21N3O2SSi/c1-24(23,16-8-6-5-7-9-16)21-18(22)15-12-14(17(19)20-13-15)10-11-25(2,3)4/h5-9,12-13H,1H2,2-4H3,(H2,19,20)(H,21,22,23). The van der Waals surface area contributed by atoms with Gasteiger partial charge in [-0.15, -0.1) is 5.54 Å². The van der Waals surface area contributed by atoms with Crippen LogP contribution in [0.3, 0.4) is 0 Å². The molecule has 0 saturated carbocycles. The Morgan fingerprint density at radius 2 is 1.92 bits per heavy atom. The molecular weight excluding hydrogens is 350 g/mol. The van der Waals surface area contributed by atoms with Crippen molar-refractivity contribution in [3.63, 3.8) is 0 Å². The van der Waals surface area contributed by atoms with Gasteiger partial charge >= 0.3 is 0 Å². The van der Waals surface area contributed by atoms with Gasteiger partial charge in [0, 0.05) is 11.1 Å². The van der Waals surface area contributed by atoms with Gasteiger partial charge in [-0.25, -0.2) is 9.19 Å². The molecule has 1 aromatic carbocycles. The highest BCUT2D eigenvalue weighted by molar-refractivity contribution is 7.99. The van der Waals surface area contributed by atoms with Gasteiger partial charge in [-0.2, -0.15) is 0 Å². The van der Waals surface area contributed by atoms with Crippen LogP contribution in [0.4, 0.5) is 5.82 Å². The third-order valence-electron chi connectivity index (χ3n) is 3.13. The van der Waals surface area contributed by atoms with E-state index in [1.165, 1.54) is 6.20 Å². The number of benzene rings is 1. The number of nitrogens with two attached hydrogens (primary N) is 1. The maximum Gasteiger partial charge on any atom is 0.264 e. The summed E-state index contributed by atoms with van der Waals surface area (Å²) in [5.41, 5.74) is 9.75. The monoisotopic (exact) mass is 371 g/mol. The largest absolute Gasteiger partial charge is 0.383 e. The number of nitrogens with zero attached hydrogens (tertiary/aromatic N) is 1. The molecule has 7 heteroatoms. The molecule has 2 aromatic rings. The van der Waals surface area contributed by atoms with Crippen LogP contribution in [0.5, 0.6) is 0 Å². The van der Waals surface area contributed by atoms with Crippen LogP contribution >= 0.6 is 0 Å². The molecule has 0 aliphatic rings. The third-order valence-corrected chi connectivity index (χ3v) is 5.56. The summed E-state index contributed by atoms with van der Waals surface area (Å²) in [5, 5.41) is 0. The van der Waals surface area contributed by atoms with Crippen LogP contribution in [-0.2, 0) is 9.71 Å². The number of rotatable bonds is 3. The highest BCUT2D eigenvalue weighted by atomic mass is 32.2. The normalized spacial score (nSPS) is 13.2. The van der Waals surface area contributed by atoms with Crippen LogP contribution in [0.15, 0.2) is 47.5 Å². The van der Waals surface area contributed by atoms with E-state index >= 15 is 0 Å². The topological polar surface area (TPSA) is 85.1 Å². The summed E-state index contributed by atoms with van der Waals surface area (Å²) in [7, 11) is -4.54. The Balaban J connectivity index is 2.30. The highest BCUT2D eigenvalue weighted by Crippen LogP contribution is 2.12. The lowest BCUT2D eigenvalue weighted by atomic mass is 10.2. The lowest BCUT2D eigenvalue weighted by Gasteiger charge is -2.12. The minimum Gasteiger partial charge on any atom is -0.383 e. The number of nitrogens with one attached hydrogen (secondary N) is 1. The summed E-state index contributed by atoms with van der Waals surface area (Å²) in [6.07, 6.45) is 1.34. The Bertz CT molecular complexity index is 953. The fourth-order valence-corrected chi connectivity index (χ4v) is 3.50. The van der Waals surface area contributed by atoms with E-state index in [0.29, 0.717) is 10.5 Å². The number of pyridine rings is 1. The molecule has 2 rings (SSSR count). The third kappa shape index (κ3) is 5.21. The van der Waals surface area contributed by atoms with Gasteiger partial charge in [0.25, 0.3) is 5.91 Å². The van der Waals surface area contributed by atoms with Gasteiger partial charge in [-0.1, -0.05) is 43.8 Å². The lowest BCUT2D eigenvalue weighted by Crippen LogP contribution is -2.30. The van der Waals surface area contributed by atoms with Crippen LogP contribution in [0, 0.1) is 11.5 Å². The van der Waals surface area contributed by atoms with Gasteiger partial charge in [-0.3, -0.25) is 9.52 Å². The van der Waals surface area contributed by atoms with Crippen LogP contribution in [0.1, 0.15) is 15.9 Å². The van der Waals surface area contributed by atoms with Crippen LogP contribution in [0.2, 0.25) is 19.6 Å². The van der Waals surface area contributed by atoms with Crippen molar-refractivity contribution in [3.05, 3.63) is 53.7 Å². The molecule has 1 aromatic heterocycles. The Morgan fingerprint density at radius 1 is 1.28 bits per heavy atom. The van der Waals surface area contributed by atoms with Gasteiger partial charge in [0.15, 0.2) is 0 Å². The fraction of sp³-hybridized carbons (Fsp3) is 0.167. The van der Waals surface area contributed by atoms with Crippen molar-refractivity contribution in [2.24, 2.45) is 0 Å². The second-order valence-electron chi connectivity index (χ2n) is 6.58. The first-order valence-electron chi connectivity index (χ1n) is 7.61. The molecule has 0 spiro atoms. The molecule has 25 heavy (non-hydrogen) atoms. The number of aromatic nitrogens is 1. The van der Waals surface area contributed by atoms with E-state index in [0.717, 1.165) is 0 Å². The number of nitrogen functional groups attached to an aromatic ring is 1. The summed E-state index contributed by atoms with van der Waals surface area (Å²) in [6.45, 7) is 6.33. The zero-order valence-electron chi connectivity index (χ0n) is 14.5. The molecule has 1 unspecified atom stereocenters. The first-order valence-corrected chi connectivity index (χ1v) is 12.8. The molecule has 0 fully saturated rings. The van der Waals surface area contributed by atoms with E-state index < -0.39 is 23.7 Å². The predicted octanol–water partition coefficient (Wildman–Crippen LogP) is 2.31. The van der Waals surface area contributed by atoms with E-state index in [1.54, 1.807) is 36.4 Å². The van der Waals surface area contributed by atoms with Crippen molar-refractivity contribution in [3.8, 4) is 11.5 Å². The number of carbonyl (C=O) groups excluding carboxylic acids is 1. The molecule has 0 aliphatic heterocycles. The molecule has 1 heterocycles. The first-order chi connectivity index (χ1) is 11.6. The van der Waals surface area contributed by atoms with Crippen molar-refractivity contribution >= 4 is 35.4 Å². The Kier molecular flexibility index (Phi) is 5.35. The highest BCUT2D eigenvalue weighted by Gasteiger charge is 2.15. The molecule has 0 radical (unpaired) electrons. The van der Waals surface area contributed by atoms with Gasteiger partial charge in [0.1, 0.15) is 13.9 Å². The van der Waals surface area contributed by atoms with E-state index in [1.807, 2.05) is 0 Å². The number of anilines is 1. The van der Waals surface area contributed by atoms with Gasteiger partial charge in [0.2, 0.25) is 0 Å². The molecule has 5 nitrogen and oxygen atoms in total. The van der Waals surface area contributed by atoms with E-state index in [-0.39, 0.29) is 11.4 Å². The molecule has 0 bridgehead atoms. The first kappa shape index (κ1) is 18.8. The number of carbonyl (C=O) groups is 1. The van der Waals surface area contributed by atoms with Crippen molar-refractivity contribution in [2.45, 2.75) is 24.5 Å². The van der Waals surface area contributed by atoms with Crippen molar-refractivity contribution < 1.29 is 9.00 Å². The summed E-state index contributed by atoms with van der Waals surface area (Å²) in [5.74, 6) is 6.37. The Hall–Kier alpha value is -2.56. The zero-order chi connectivity index (χ0) is 18.7. The van der Waals surface area contributed by atoms with E-state index in [2.05, 4.69) is 46.7 Å². The smallest absolute Gasteiger partial charge is 0.264 e. The second-order valence-corrected chi connectivity index (χ2v) is 13.4. The maximum atomic E-state index is 12.7. The van der Waals surface area contributed by atoms with E-state index in [4.69, 9.17) is 5.73 Å². The quantitative estimate of drug-likeness (QED) is 0.493. The van der Waals surface area contributed by atoms with Crippen LogP contribution in [0.25, 0.3) is 0 Å². The number of hydrogen-bond acceptors (Lipinski definition) is 4. The van der Waals surface area contributed by atoms with Crippen LogP contribution in [-0.4, -0.2) is 29.0 Å². The lowest BCUT2D eigenvalue weighted by molar-refractivity contribution is 0.0982. The molecular formula is C18H21N3O2SSi. The summed E-state index contributed by atoms with van der Waals surface area (Å²) in [4.78, 5) is 16.9. The SMILES string of the molecule is C=S(=O)(NC(=O)c1cnc(N)c(C#C[Si](C)(C)C)c1)c1ccccc1. The number of amides is 1. The van der Waals surface area contributed by atoms with Crippen molar-refractivity contribution in [1.29, 1.82) is 0 Å². The van der Waals surface area contributed by atoms with Crippen LogP contribution < -0.4 is 10.5 Å².